The van der Waals surface area contributed by atoms with E-state index in [-0.39, 0.29) is 18.3 Å². The quantitative estimate of drug-likeness (QED) is 0.327. The summed E-state index contributed by atoms with van der Waals surface area (Å²) in [7, 11) is 1.35. The summed E-state index contributed by atoms with van der Waals surface area (Å²) in [6.07, 6.45) is 5.97. The molecule has 6 nitrogen and oxygen atoms in total. The maximum atomic E-state index is 12.1. The van der Waals surface area contributed by atoms with Crippen molar-refractivity contribution in [3.63, 3.8) is 0 Å². The molecular weight excluding hydrogens is 272 g/mol. The van der Waals surface area contributed by atoms with Gasteiger partial charge in [-0.3, -0.25) is 9.59 Å². The van der Waals surface area contributed by atoms with Gasteiger partial charge in [-0.2, -0.15) is 0 Å². The fraction of sp³-hybridized carbons (Fsp3) is 0.800. The van der Waals surface area contributed by atoms with Gasteiger partial charge in [0.1, 0.15) is 0 Å². The maximum absolute atomic E-state index is 12.1. The lowest BCUT2D eigenvalue weighted by Crippen LogP contribution is -2.52. The first-order valence-electron chi connectivity index (χ1n) is 7.63. The number of oxime groups is 1. The third-order valence-corrected chi connectivity index (χ3v) is 4.05. The first kappa shape index (κ1) is 17.5. The molecule has 1 aliphatic carbocycles. The van der Waals surface area contributed by atoms with Crippen LogP contribution in [0.25, 0.3) is 0 Å². The van der Waals surface area contributed by atoms with Crippen LogP contribution in [0.3, 0.4) is 0 Å². The highest BCUT2D eigenvalue weighted by Gasteiger charge is 2.37. The van der Waals surface area contributed by atoms with Gasteiger partial charge in [-0.25, -0.2) is 0 Å². The standard InChI is InChI=1S/C15H26N2O4/c1-3-4-5-6-13(18)16-15(11-14(19)21-2)9-7-12(17-20)8-10-15/h20H,3-11H2,1-2H3,(H,16,18). The van der Waals surface area contributed by atoms with Gasteiger partial charge in [0.05, 0.1) is 24.8 Å². The highest BCUT2D eigenvalue weighted by atomic mass is 16.5. The summed E-state index contributed by atoms with van der Waals surface area (Å²) in [5.41, 5.74) is 0.153. The van der Waals surface area contributed by atoms with Crippen LogP contribution in [-0.4, -0.2) is 35.4 Å². The number of amides is 1. The highest BCUT2D eigenvalue weighted by molar-refractivity contribution is 5.86. The second kappa shape index (κ2) is 8.64. The molecular formula is C15H26N2O4. The lowest BCUT2D eigenvalue weighted by atomic mass is 9.78. The SMILES string of the molecule is CCCCCC(=O)NC1(CC(=O)OC)CCC(=NO)CC1. The molecule has 0 aromatic heterocycles. The third-order valence-electron chi connectivity index (χ3n) is 4.05. The smallest absolute Gasteiger partial charge is 0.307 e. The molecule has 21 heavy (non-hydrogen) atoms. The second-order valence-corrected chi connectivity index (χ2v) is 5.70. The van der Waals surface area contributed by atoms with Gasteiger partial charge in [0.25, 0.3) is 0 Å². The first-order valence-corrected chi connectivity index (χ1v) is 7.63. The van der Waals surface area contributed by atoms with Crippen molar-refractivity contribution in [1.29, 1.82) is 0 Å². The normalized spacial score (nSPS) is 21.7. The first-order chi connectivity index (χ1) is 10.0. The summed E-state index contributed by atoms with van der Waals surface area (Å²) in [6, 6.07) is 0. The number of unbranched alkanes of at least 4 members (excludes halogenated alkanes) is 2. The molecule has 2 N–H and O–H groups in total. The van der Waals surface area contributed by atoms with Crippen LogP contribution in [0.15, 0.2) is 5.16 Å². The summed E-state index contributed by atoms with van der Waals surface area (Å²) in [6.45, 7) is 2.09. The van der Waals surface area contributed by atoms with Crippen molar-refractivity contribution in [2.75, 3.05) is 7.11 Å². The molecule has 120 valence electrons. The fourth-order valence-corrected chi connectivity index (χ4v) is 2.71. The highest BCUT2D eigenvalue weighted by Crippen LogP contribution is 2.30. The molecule has 0 unspecified atom stereocenters. The summed E-state index contributed by atoms with van der Waals surface area (Å²) >= 11 is 0. The van der Waals surface area contributed by atoms with E-state index in [9.17, 15) is 9.59 Å². The van der Waals surface area contributed by atoms with Crippen LogP contribution >= 0.6 is 0 Å². The van der Waals surface area contributed by atoms with E-state index in [4.69, 9.17) is 9.94 Å². The number of nitrogens with zero attached hydrogens (tertiary/aromatic N) is 1. The predicted molar refractivity (Wildman–Crippen MR) is 79.3 cm³/mol. The maximum Gasteiger partial charge on any atom is 0.307 e. The summed E-state index contributed by atoms with van der Waals surface area (Å²) < 4.78 is 4.74. The molecule has 0 atom stereocenters. The third kappa shape index (κ3) is 5.73. The summed E-state index contributed by atoms with van der Waals surface area (Å²) in [5, 5.41) is 15.1. The van der Waals surface area contributed by atoms with Gasteiger partial charge in [-0.1, -0.05) is 24.9 Å². The number of ether oxygens (including phenoxy) is 1. The second-order valence-electron chi connectivity index (χ2n) is 5.70. The zero-order chi connectivity index (χ0) is 15.7. The van der Waals surface area contributed by atoms with Crippen LogP contribution in [0.4, 0.5) is 0 Å². The molecule has 1 amide bonds. The summed E-state index contributed by atoms with van der Waals surface area (Å²) in [4.78, 5) is 23.7. The Balaban J connectivity index is 2.64. The largest absolute Gasteiger partial charge is 0.469 e. The molecule has 0 saturated heterocycles. The molecule has 0 radical (unpaired) electrons. The Morgan fingerprint density at radius 2 is 2.00 bits per heavy atom. The molecule has 1 rings (SSSR count). The Hall–Kier alpha value is -1.59. The molecule has 1 fully saturated rings. The zero-order valence-corrected chi connectivity index (χ0v) is 13.0. The minimum Gasteiger partial charge on any atom is -0.469 e. The fourth-order valence-electron chi connectivity index (χ4n) is 2.71. The van der Waals surface area contributed by atoms with Gasteiger partial charge in [0.2, 0.25) is 5.91 Å². The van der Waals surface area contributed by atoms with Crippen LogP contribution < -0.4 is 5.32 Å². The van der Waals surface area contributed by atoms with Crippen molar-refractivity contribution in [3.8, 4) is 0 Å². The van der Waals surface area contributed by atoms with E-state index in [1.54, 1.807) is 0 Å². The minimum atomic E-state index is -0.565. The molecule has 0 spiro atoms. The monoisotopic (exact) mass is 298 g/mol. The number of hydrogen-bond acceptors (Lipinski definition) is 5. The average molecular weight is 298 g/mol. The molecule has 0 heterocycles. The number of rotatable bonds is 7. The topological polar surface area (TPSA) is 88.0 Å². The molecule has 0 aromatic rings. The Morgan fingerprint density at radius 3 is 2.52 bits per heavy atom. The van der Waals surface area contributed by atoms with Crippen LogP contribution in [-0.2, 0) is 14.3 Å². The molecule has 0 aromatic carbocycles. The van der Waals surface area contributed by atoms with Crippen molar-refractivity contribution in [2.45, 2.75) is 70.3 Å². The van der Waals surface area contributed by atoms with Crippen molar-refractivity contribution in [2.24, 2.45) is 5.16 Å². The van der Waals surface area contributed by atoms with Crippen LogP contribution in [0, 0.1) is 0 Å². The van der Waals surface area contributed by atoms with Gasteiger partial charge >= 0.3 is 5.97 Å². The van der Waals surface area contributed by atoms with Crippen molar-refractivity contribution in [3.05, 3.63) is 0 Å². The number of esters is 1. The van der Waals surface area contributed by atoms with Crippen LogP contribution in [0.5, 0.6) is 0 Å². The molecule has 6 heteroatoms. The lowest BCUT2D eigenvalue weighted by molar-refractivity contribution is -0.143. The van der Waals surface area contributed by atoms with Crippen molar-refractivity contribution >= 4 is 17.6 Å². The lowest BCUT2D eigenvalue weighted by Gasteiger charge is -2.37. The molecule has 0 bridgehead atoms. The Morgan fingerprint density at radius 1 is 1.33 bits per heavy atom. The van der Waals surface area contributed by atoms with Gasteiger partial charge in [0.15, 0.2) is 0 Å². The van der Waals surface area contributed by atoms with E-state index in [1.165, 1.54) is 7.11 Å². The Labute approximate surface area is 125 Å². The van der Waals surface area contributed by atoms with Gasteiger partial charge in [-0.15, -0.1) is 0 Å². The predicted octanol–water partition coefficient (Wildman–Crippen LogP) is 2.39. The minimum absolute atomic E-state index is 0.0169. The van der Waals surface area contributed by atoms with Gasteiger partial charge < -0.3 is 15.3 Å². The van der Waals surface area contributed by atoms with E-state index in [0.29, 0.717) is 32.1 Å². The average Bonchev–Trinajstić information content (AvgIpc) is 2.48. The Bertz CT molecular complexity index is 383. The van der Waals surface area contributed by atoms with Crippen LogP contribution in [0.2, 0.25) is 0 Å². The molecule has 1 aliphatic rings. The van der Waals surface area contributed by atoms with E-state index in [1.807, 2.05) is 0 Å². The van der Waals surface area contributed by atoms with Gasteiger partial charge in [0, 0.05) is 6.42 Å². The summed E-state index contributed by atoms with van der Waals surface area (Å²) in [5.74, 6) is -0.343. The number of carbonyl (C=O) groups excluding carboxylic acids is 2. The van der Waals surface area contributed by atoms with Crippen molar-refractivity contribution in [1.82, 2.24) is 5.32 Å². The van der Waals surface area contributed by atoms with E-state index in [2.05, 4.69) is 17.4 Å². The van der Waals surface area contributed by atoms with E-state index >= 15 is 0 Å². The molecule has 0 aliphatic heterocycles. The van der Waals surface area contributed by atoms with Crippen molar-refractivity contribution < 1.29 is 19.5 Å². The number of nitrogens with one attached hydrogen (secondary N) is 1. The van der Waals surface area contributed by atoms with E-state index < -0.39 is 5.54 Å². The Kier molecular flexibility index (Phi) is 7.19. The number of carbonyl (C=O) groups is 2. The zero-order valence-electron chi connectivity index (χ0n) is 13.0. The molecule has 1 saturated carbocycles. The van der Waals surface area contributed by atoms with Crippen LogP contribution in [0.1, 0.15) is 64.7 Å². The number of hydrogen-bond donors (Lipinski definition) is 2. The van der Waals surface area contributed by atoms with Gasteiger partial charge in [-0.05, 0) is 32.1 Å². The number of methoxy groups -OCH3 is 1. The van der Waals surface area contributed by atoms with E-state index in [0.717, 1.165) is 25.0 Å².